The van der Waals surface area contributed by atoms with Crippen molar-refractivity contribution < 1.29 is 0 Å². The van der Waals surface area contributed by atoms with E-state index in [9.17, 15) is 0 Å². The molecule has 4 rings (SSSR count). The van der Waals surface area contributed by atoms with Crippen LogP contribution in [-0.2, 0) is 6.42 Å². The molecule has 2 aliphatic rings. The molecule has 0 spiro atoms. The molecule has 0 unspecified atom stereocenters. The molecular formula is C21H28N4. The van der Waals surface area contributed by atoms with Crippen LogP contribution in [-0.4, -0.2) is 44.3 Å². The van der Waals surface area contributed by atoms with Gasteiger partial charge in [0.2, 0.25) is 0 Å². The van der Waals surface area contributed by atoms with Gasteiger partial charge < -0.3 is 15.5 Å². The maximum Gasteiger partial charge on any atom is 0.0850 e. The number of fused-ring (bicyclic) bond motifs is 1. The van der Waals surface area contributed by atoms with Gasteiger partial charge in [-0.15, -0.1) is 0 Å². The Kier molecular flexibility index (Phi) is 4.53. The Morgan fingerprint density at radius 2 is 1.72 bits per heavy atom. The number of hydrogen-bond acceptors (Lipinski definition) is 4. The third kappa shape index (κ3) is 3.45. The molecule has 1 fully saturated rings. The van der Waals surface area contributed by atoms with Crippen LogP contribution in [0, 0.1) is 13.8 Å². The molecule has 4 nitrogen and oxygen atoms in total. The van der Waals surface area contributed by atoms with E-state index in [1.165, 1.54) is 33.8 Å². The number of benzene rings is 2. The Morgan fingerprint density at radius 1 is 0.920 bits per heavy atom. The largest absolute Gasteiger partial charge is 0.369 e. The van der Waals surface area contributed by atoms with Gasteiger partial charge in [0.15, 0.2) is 0 Å². The molecule has 0 bridgehead atoms. The number of anilines is 3. The number of aryl methyl sites for hydroxylation is 1. The van der Waals surface area contributed by atoms with Gasteiger partial charge in [-0.25, -0.2) is 0 Å². The van der Waals surface area contributed by atoms with Crippen molar-refractivity contribution in [3.8, 4) is 0 Å². The lowest BCUT2D eigenvalue weighted by Crippen LogP contribution is -2.47. The molecule has 132 valence electrons. The Bertz CT molecular complexity index is 748. The lowest BCUT2D eigenvalue weighted by Gasteiger charge is -2.37. The van der Waals surface area contributed by atoms with Gasteiger partial charge in [-0.3, -0.25) is 4.90 Å². The van der Waals surface area contributed by atoms with Crippen LogP contribution >= 0.6 is 0 Å². The van der Waals surface area contributed by atoms with Crippen LogP contribution in [0.5, 0.6) is 0 Å². The second-order valence-electron chi connectivity index (χ2n) is 7.21. The van der Waals surface area contributed by atoms with E-state index in [0.29, 0.717) is 0 Å². The zero-order valence-corrected chi connectivity index (χ0v) is 15.3. The molecule has 0 saturated carbocycles. The minimum atomic E-state index is 0.846. The smallest absolute Gasteiger partial charge is 0.0850 e. The lowest BCUT2D eigenvalue weighted by atomic mass is 10.1. The highest BCUT2D eigenvalue weighted by Crippen LogP contribution is 2.27. The lowest BCUT2D eigenvalue weighted by molar-refractivity contribution is 0.261. The fourth-order valence-electron chi connectivity index (χ4n) is 3.86. The van der Waals surface area contributed by atoms with Crippen molar-refractivity contribution in [3.63, 3.8) is 0 Å². The van der Waals surface area contributed by atoms with Crippen molar-refractivity contribution in [1.29, 1.82) is 0 Å². The highest BCUT2D eigenvalue weighted by atomic mass is 15.3. The highest BCUT2D eigenvalue weighted by molar-refractivity contribution is 5.73. The van der Waals surface area contributed by atoms with E-state index in [-0.39, 0.29) is 0 Å². The molecule has 4 heteroatoms. The Balaban J connectivity index is 1.31. The fraction of sp³-hybridized carbons (Fsp3) is 0.429. The highest BCUT2D eigenvalue weighted by Gasteiger charge is 2.18. The second-order valence-corrected chi connectivity index (χ2v) is 7.21. The molecule has 1 saturated heterocycles. The van der Waals surface area contributed by atoms with Crippen LogP contribution in [0.4, 0.5) is 17.1 Å². The maximum absolute atomic E-state index is 3.38. The summed E-state index contributed by atoms with van der Waals surface area (Å²) in [4.78, 5) is 5.14. The molecule has 0 amide bonds. The van der Waals surface area contributed by atoms with Gasteiger partial charge in [-0.05, 0) is 55.2 Å². The number of piperazine rings is 1. The van der Waals surface area contributed by atoms with Crippen molar-refractivity contribution in [2.75, 3.05) is 54.9 Å². The molecule has 0 aromatic heterocycles. The van der Waals surface area contributed by atoms with E-state index in [1.54, 1.807) is 0 Å². The van der Waals surface area contributed by atoms with Crippen LogP contribution in [0.3, 0.4) is 0 Å². The van der Waals surface area contributed by atoms with E-state index in [2.05, 4.69) is 70.7 Å². The Labute approximate surface area is 150 Å². The maximum atomic E-state index is 3.38. The first kappa shape index (κ1) is 16.3. The minimum absolute atomic E-state index is 0.846. The van der Waals surface area contributed by atoms with Gasteiger partial charge in [0, 0.05) is 38.4 Å². The van der Waals surface area contributed by atoms with E-state index >= 15 is 0 Å². The summed E-state index contributed by atoms with van der Waals surface area (Å²) in [6.07, 6.45) is 1.12. The molecule has 2 aliphatic heterocycles. The minimum Gasteiger partial charge on any atom is -0.369 e. The van der Waals surface area contributed by atoms with E-state index < -0.39 is 0 Å². The second kappa shape index (κ2) is 6.96. The standard InChI is InChI=1S/C21H28N4/c1-16-4-3-5-21(17(16)2)25-12-10-24(11-13-25)9-8-18-6-7-19-20(14-18)23-15-22-19/h3-7,14,22-23H,8-13,15H2,1-2H3. The van der Waals surface area contributed by atoms with Gasteiger partial charge in [-0.1, -0.05) is 18.2 Å². The van der Waals surface area contributed by atoms with Gasteiger partial charge >= 0.3 is 0 Å². The molecule has 0 radical (unpaired) electrons. The number of nitrogens with zero attached hydrogens (tertiary/aromatic N) is 2. The van der Waals surface area contributed by atoms with Crippen LogP contribution in [0.15, 0.2) is 36.4 Å². The predicted molar refractivity (Wildman–Crippen MR) is 107 cm³/mol. The SMILES string of the molecule is Cc1cccc(N2CCN(CCc3ccc4c(c3)NCN4)CC2)c1C. The monoisotopic (exact) mass is 336 g/mol. The zero-order chi connectivity index (χ0) is 17.2. The summed E-state index contributed by atoms with van der Waals surface area (Å²) < 4.78 is 0. The molecule has 0 atom stereocenters. The van der Waals surface area contributed by atoms with Crippen molar-refractivity contribution >= 4 is 17.1 Å². The topological polar surface area (TPSA) is 30.5 Å². The van der Waals surface area contributed by atoms with Crippen molar-refractivity contribution in [2.24, 2.45) is 0 Å². The first-order chi connectivity index (χ1) is 12.2. The molecule has 2 N–H and O–H groups in total. The summed E-state index contributed by atoms with van der Waals surface area (Å²) in [5.41, 5.74) is 8.13. The average molecular weight is 336 g/mol. The fourth-order valence-corrected chi connectivity index (χ4v) is 3.86. The van der Waals surface area contributed by atoms with Gasteiger partial charge in [0.25, 0.3) is 0 Å². The first-order valence-corrected chi connectivity index (χ1v) is 9.35. The van der Waals surface area contributed by atoms with E-state index in [4.69, 9.17) is 0 Å². The molecular weight excluding hydrogens is 308 g/mol. The van der Waals surface area contributed by atoms with Crippen molar-refractivity contribution in [1.82, 2.24) is 4.90 Å². The quantitative estimate of drug-likeness (QED) is 0.895. The van der Waals surface area contributed by atoms with Gasteiger partial charge in [0.1, 0.15) is 0 Å². The molecule has 2 aromatic rings. The van der Waals surface area contributed by atoms with E-state index in [0.717, 1.165) is 45.8 Å². The van der Waals surface area contributed by atoms with E-state index in [1.807, 2.05) is 0 Å². The van der Waals surface area contributed by atoms with Crippen LogP contribution < -0.4 is 15.5 Å². The third-order valence-corrected chi connectivity index (χ3v) is 5.65. The Morgan fingerprint density at radius 3 is 2.56 bits per heavy atom. The normalized spacial score (nSPS) is 17.1. The summed E-state index contributed by atoms with van der Waals surface area (Å²) >= 11 is 0. The third-order valence-electron chi connectivity index (χ3n) is 5.65. The average Bonchev–Trinajstić information content (AvgIpc) is 3.11. The molecule has 0 aliphatic carbocycles. The zero-order valence-electron chi connectivity index (χ0n) is 15.3. The summed E-state index contributed by atoms with van der Waals surface area (Å²) in [7, 11) is 0. The number of nitrogens with one attached hydrogen (secondary N) is 2. The van der Waals surface area contributed by atoms with Crippen LogP contribution in [0.25, 0.3) is 0 Å². The summed E-state index contributed by atoms with van der Waals surface area (Å²) in [5, 5.41) is 6.72. The summed E-state index contributed by atoms with van der Waals surface area (Å²) in [5.74, 6) is 0. The molecule has 25 heavy (non-hydrogen) atoms. The number of hydrogen-bond donors (Lipinski definition) is 2. The summed E-state index contributed by atoms with van der Waals surface area (Å²) in [6.45, 7) is 11.0. The van der Waals surface area contributed by atoms with Crippen LogP contribution in [0.2, 0.25) is 0 Å². The van der Waals surface area contributed by atoms with Crippen molar-refractivity contribution in [2.45, 2.75) is 20.3 Å². The predicted octanol–water partition coefficient (Wildman–Crippen LogP) is 3.46. The molecule has 2 heterocycles. The van der Waals surface area contributed by atoms with Gasteiger partial charge in [0.05, 0.1) is 18.0 Å². The van der Waals surface area contributed by atoms with Crippen molar-refractivity contribution in [3.05, 3.63) is 53.1 Å². The Hall–Kier alpha value is -2.20. The first-order valence-electron chi connectivity index (χ1n) is 9.35. The van der Waals surface area contributed by atoms with Crippen LogP contribution in [0.1, 0.15) is 16.7 Å². The molecule has 2 aromatic carbocycles. The summed E-state index contributed by atoms with van der Waals surface area (Å²) in [6, 6.07) is 13.4. The van der Waals surface area contributed by atoms with Gasteiger partial charge in [-0.2, -0.15) is 0 Å². The number of rotatable bonds is 4.